The molecule has 0 saturated heterocycles. The molecule has 0 fully saturated rings. The highest BCUT2D eigenvalue weighted by Gasteiger charge is 2.10. The zero-order valence-electron chi connectivity index (χ0n) is 14.4. The van der Waals surface area contributed by atoms with Crippen LogP contribution < -0.4 is 10.6 Å². The van der Waals surface area contributed by atoms with Gasteiger partial charge >= 0.3 is 6.03 Å². The lowest BCUT2D eigenvalue weighted by molar-refractivity contribution is 0.252. The van der Waals surface area contributed by atoms with Crippen molar-refractivity contribution >= 4 is 23.1 Å². The number of benzene rings is 2. The summed E-state index contributed by atoms with van der Waals surface area (Å²) in [4.78, 5) is 17.8. The predicted octanol–water partition coefficient (Wildman–Crippen LogP) is 5.00. The zero-order chi connectivity index (χ0) is 17.6. The van der Waals surface area contributed by atoms with Gasteiger partial charge in [-0.05, 0) is 31.0 Å². The third kappa shape index (κ3) is 4.45. The summed E-state index contributed by atoms with van der Waals surface area (Å²) in [7, 11) is 0. The Kier molecular flexibility index (Phi) is 5.46. The van der Waals surface area contributed by atoms with Crippen molar-refractivity contribution in [2.75, 3.05) is 5.32 Å². The minimum atomic E-state index is -0.210. The molecule has 25 heavy (non-hydrogen) atoms. The monoisotopic (exact) mass is 351 g/mol. The van der Waals surface area contributed by atoms with E-state index in [1.807, 2.05) is 61.5 Å². The maximum Gasteiger partial charge on any atom is 0.319 e. The Bertz CT molecular complexity index is 841. The van der Waals surface area contributed by atoms with E-state index in [1.165, 1.54) is 5.56 Å². The van der Waals surface area contributed by atoms with Crippen LogP contribution in [0.4, 0.5) is 10.5 Å². The molecule has 1 heterocycles. The van der Waals surface area contributed by atoms with E-state index in [4.69, 9.17) is 0 Å². The number of anilines is 1. The lowest BCUT2D eigenvalue weighted by Gasteiger charge is -2.07. The van der Waals surface area contributed by atoms with Gasteiger partial charge in [-0.2, -0.15) is 0 Å². The van der Waals surface area contributed by atoms with Crippen LogP contribution in [0.1, 0.15) is 23.1 Å². The maximum absolute atomic E-state index is 12.1. The van der Waals surface area contributed by atoms with Gasteiger partial charge in [-0.15, -0.1) is 11.3 Å². The molecule has 0 spiro atoms. The molecule has 2 amide bonds. The van der Waals surface area contributed by atoms with Crippen molar-refractivity contribution in [2.24, 2.45) is 0 Å². The van der Waals surface area contributed by atoms with Crippen LogP contribution in [0.2, 0.25) is 0 Å². The van der Waals surface area contributed by atoms with Gasteiger partial charge in [0.05, 0.1) is 12.2 Å². The summed E-state index contributed by atoms with van der Waals surface area (Å²) in [5, 5.41) is 6.73. The number of urea groups is 1. The Morgan fingerprint density at radius 1 is 1.08 bits per heavy atom. The second kappa shape index (κ2) is 7.94. The SMILES string of the molecule is CCc1ccc(NC(=O)NCc2sc(-c3ccccc3)nc2C)cc1. The number of thiazole rings is 1. The number of aromatic nitrogens is 1. The van der Waals surface area contributed by atoms with Crippen molar-refractivity contribution in [3.05, 3.63) is 70.7 Å². The predicted molar refractivity (Wildman–Crippen MR) is 104 cm³/mol. The minimum Gasteiger partial charge on any atom is -0.333 e. The van der Waals surface area contributed by atoms with E-state index >= 15 is 0 Å². The largest absolute Gasteiger partial charge is 0.333 e. The molecule has 1 aromatic heterocycles. The number of hydrogen-bond donors (Lipinski definition) is 2. The van der Waals surface area contributed by atoms with E-state index in [0.29, 0.717) is 6.54 Å². The molecule has 2 aromatic carbocycles. The molecule has 4 nitrogen and oxygen atoms in total. The molecule has 128 valence electrons. The van der Waals surface area contributed by atoms with Crippen LogP contribution in [0.15, 0.2) is 54.6 Å². The first-order valence-electron chi connectivity index (χ1n) is 8.31. The van der Waals surface area contributed by atoms with Crippen molar-refractivity contribution in [3.8, 4) is 10.6 Å². The number of aryl methyl sites for hydroxylation is 2. The van der Waals surface area contributed by atoms with Gasteiger partial charge in [0.25, 0.3) is 0 Å². The molecule has 0 saturated carbocycles. The summed E-state index contributed by atoms with van der Waals surface area (Å²) < 4.78 is 0. The van der Waals surface area contributed by atoms with Gasteiger partial charge in [-0.25, -0.2) is 9.78 Å². The summed E-state index contributed by atoms with van der Waals surface area (Å²) in [6, 6.07) is 17.8. The summed E-state index contributed by atoms with van der Waals surface area (Å²) in [5.41, 5.74) is 4.10. The van der Waals surface area contributed by atoms with Crippen LogP contribution >= 0.6 is 11.3 Å². The smallest absolute Gasteiger partial charge is 0.319 e. The molecule has 0 unspecified atom stereocenters. The van der Waals surface area contributed by atoms with Crippen molar-refractivity contribution in [2.45, 2.75) is 26.8 Å². The van der Waals surface area contributed by atoms with Gasteiger partial charge in [0, 0.05) is 16.1 Å². The second-order valence-corrected chi connectivity index (χ2v) is 6.84. The summed E-state index contributed by atoms with van der Waals surface area (Å²) in [6.45, 7) is 4.55. The average molecular weight is 351 g/mol. The average Bonchev–Trinajstić information content (AvgIpc) is 3.02. The van der Waals surface area contributed by atoms with Gasteiger partial charge in [0.1, 0.15) is 5.01 Å². The van der Waals surface area contributed by atoms with Crippen LogP contribution in [-0.2, 0) is 13.0 Å². The number of nitrogens with zero attached hydrogens (tertiary/aromatic N) is 1. The fourth-order valence-corrected chi connectivity index (χ4v) is 3.46. The van der Waals surface area contributed by atoms with Crippen LogP contribution in [0.5, 0.6) is 0 Å². The highest BCUT2D eigenvalue weighted by atomic mass is 32.1. The van der Waals surface area contributed by atoms with Crippen molar-refractivity contribution in [1.82, 2.24) is 10.3 Å². The van der Waals surface area contributed by atoms with Gasteiger partial charge < -0.3 is 10.6 Å². The van der Waals surface area contributed by atoms with E-state index in [9.17, 15) is 4.79 Å². The number of carbonyl (C=O) groups is 1. The van der Waals surface area contributed by atoms with E-state index in [1.54, 1.807) is 11.3 Å². The molecule has 0 aliphatic rings. The van der Waals surface area contributed by atoms with E-state index in [0.717, 1.165) is 33.3 Å². The topological polar surface area (TPSA) is 54.0 Å². The molecule has 3 aromatic rings. The molecule has 0 aliphatic carbocycles. The normalized spacial score (nSPS) is 10.5. The van der Waals surface area contributed by atoms with E-state index in [-0.39, 0.29) is 6.03 Å². The molecule has 0 radical (unpaired) electrons. The van der Waals surface area contributed by atoms with Crippen LogP contribution in [-0.4, -0.2) is 11.0 Å². The lowest BCUT2D eigenvalue weighted by atomic mass is 10.1. The number of carbonyl (C=O) groups excluding carboxylic acids is 1. The fourth-order valence-electron chi connectivity index (χ4n) is 2.46. The Labute approximate surface area is 151 Å². The highest BCUT2D eigenvalue weighted by molar-refractivity contribution is 7.15. The quantitative estimate of drug-likeness (QED) is 0.679. The highest BCUT2D eigenvalue weighted by Crippen LogP contribution is 2.27. The number of amides is 2. The van der Waals surface area contributed by atoms with Gasteiger partial charge in [0.15, 0.2) is 0 Å². The Hall–Kier alpha value is -2.66. The van der Waals surface area contributed by atoms with Gasteiger partial charge in [-0.3, -0.25) is 0 Å². The van der Waals surface area contributed by atoms with Crippen LogP contribution in [0.3, 0.4) is 0 Å². The summed E-state index contributed by atoms with van der Waals surface area (Å²) >= 11 is 1.61. The maximum atomic E-state index is 12.1. The molecule has 3 rings (SSSR count). The van der Waals surface area contributed by atoms with Crippen molar-refractivity contribution in [3.63, 3.8) is 0 Å². The molecule has 0 atom stereocenters. The Morgan fingerprint density at radius 3 is 2.48 bits per heavy atom. The third-order valence-corrected chi connectivity index (χ3v) is 5.15. The van der Waals surface area contributed by atoms with E-state index in [2.05, 4.69) is 22.5 Å². The van der Waals surface area contributed by atoms with Crippen molar-refractivity contribution < 1.29 is 4.79 Å². The molecule has 0 bridgehead atoms. The number of nitrogens with one attached hydrogen (secondary N) is 2. The first-order chi connectivity index (χ1) is 12.2. The van der Waals surface area contributed by atoms with Crippen LogP contribution in [0.25, 0.3) is 10.6 Å². The molecular weight excluding hydrogens is 330 g/mol. The van der Waals surface area contributed by atoms with Crippen molar-refractivity contribution in [1.29, 1.82) is 0 Å². The first kappa shape index (κ1) is 17.2. The fraction of sp³-hybridized carbons (Fsp3) is 0.200. The summed E-state index contributed by atoms with van der Waals surface area (Å²) in [5.74, 6) is 0. The first-order valence-corrected chi connectivity index (χ1v) is 9.13. The minimum absolute atomic E-state index is 0.210. The molecule has 2 N–H and O–H groups in total. The van der Waals surface area contributed by atoms with E-state index < -0.39 is 0 Å². The Balaban J connectivity index is 1.59. The lowest BCUT2D eigenvalue weighted by Crippen LogP contribution is -2.28. The molecule has 5 heteroatoms. The van der Waals surface area contributed by atoms with Crippen LogP contribution in [0, 0.1) is 6.92 Å². The second-order valence-electron chi connectivity index (χ2n) is 5.75. The zero-order valence-corrected chi connectivity index (χ0v) is 15.2. The standard InChI is InChI=1S/C20H21N3OS/c1-3-15-9-11-17(12-10-15)23-20(24)21-13-18-14(2)22-19(25-18)16-7-5-4-6-8-16/h4-12H,3,13H2,1-2H3,(H2,21,23,24). The number of hydrogen-bond acceptors (Lipinski definition) is 3. The summed E-state index contributed by atoms with van der Waals surface area (Å²) in [6.07, 6.45) is 0.987. The third-order valence-electron chi connectivity index (χ3n) is 3.94. The van der Waals surface area contributed by atoms with Gasteiger partial charge in [0.2, 0.25) is 0 Å². The Morgan fingerprint density at radius 2 is 1.80 bits per heavy atom. The molecular formula is C20H21N3OS. The van der Waals surface area contributed by atoms with Gasteiger partial charge in [-0.1, -0.05) is 49.4 Å². The number of rotatable bonds is 5. The molecule has 0 aliphatic heterocycles.